The number of fused-ring (bicyclic) bond motifs is 1. The molecule has 0 amide bonds. The summed E-state index contributed by atoms with van der Waals surface area (Å²) in [6, 6.07) is 26.1. The molecule has 30 heavy (non-hydrogen) atoms. The Morgan fingerprint density at radius 2 is 1.77 bits per heavy atom. The molecule has 1 aromatic heterocycles. The van der Waals surface area contributed by atoms with Crippen molar-refractivity contribution < 1.29 is 9.84 Å². The van der Waals surface area contributed by atoms with E-state index in [1.54, 1.807) is 0 Å². The number of ether oxygens (including phenoxy) is 1. The third-order valence-corrected chi connectivity index (χ3v) is 6.33. The Morgan fingerprint density at radius 1 is 1.00 bits per heavy atom. The molecule has 0 radical (unpaired) electrons. The first-order valence-corrected chi connectivity index (χ1v) is 10.9. The lowest BCUT2D eigenvalue weighted by atomic mass is 10.0. The molecule has 2 heterocycles. The van der Waals surface area contributed by atoms with Crippen molar-refractivity contribution in [3.63, 3.8) is 0 Å². The molecule has 150 valence electrons. The van der Waals surface area contributed by atoms with Gasteiger partial charge in [0.15, 0.2) is 5.13 Å². The number of anilines is 1. The maximum atomic E-state index is 11.1. The predicted octanol–water partition coefficient (Wildman–Crippen LogP) is 5.44. The largest absolute Gasteiger partial charge is 0.493 e. The summed E-state index contributed by atoms with van der Waals surface area (Å²) in [6.07, 6.45) is 0.248. The predicted molar refractivity (Wildman–Crippen MR) is 121 cm³/mol. The Kier molecular flexibility index (Phi) is 5.22. The van der Waals surface area contributed by atoms with Gasteiger partial charge in [0.1, 0.15) is 11.9 Å². The van der Waals surface area contributed by atoms with E-state index in [0.29, 0.717) is 6.54 Å². The number of aromatic nitrogens is 1. The minimum absolute atomic E-state index is 0.676. The van der Waals surface area contributed by atoms with Crippen molar-refractivity contribution in [2.75, 3.05) is 11.9 Å². The lowest BCUT2D eigenvalue weighted by Crippen LogP contribution is -1.99. The zero-order chi connectivity index (χ0) is 20.3. The van der Waals surface area contributed by atoms with E-state index < -0.39 is 6.10 Å². The van der Waals surface area contributed by atoms with Crippen molar-refractivity contribution in [3.05, 3.63) is 100 Å². The van der Waals surface area contributed by atoms with E-state index in [4.69, 9.17) is 9.72 Å². The number of aliphatic hydroxyl groups is 1. The Hall–Kier alpha value is -3.15. The van der Waals surface area contributed by atoms with Crippen LogP contribution in [0.1, 0.15) is 27.7 Å². The van der Waals surface area contributed by atoms with Crippen molar-refractivity contribution in [3.8, 4) is 17.0 Å². The number of rotatable bonds is 6. The topological polar surface area (TPSA) is 54.4 Å². The summed E-state index contributed by atoms with van der Waals surface area (Å²) in [7, 11) is 0. The maximum Gasteiger partial charge on any atom is 0.183 e. The molecule has 4 nitrogen and oxygen atoms in total. The highest BCUT2D eigenvalue weighted by molar-refractivity contribution is 7.16. The van der Waals surface area contributed by atoms with Gasteiger partial charge in [0, 0.05) is 18.5 Å². The average molecular weight is 415 g/mol. The van der Waals surface area contributed by atoms with Crippen molar-refractivity contribution >= 4 is 16.5 Å². The summed E-state index contributed by atoms with van der Waals surface area (Å²) in [5.74, 6) is 0.993. The smallest absolute Gasteiger partial charge is 0.183 e. The molecule has 5 rings (SSSR count). The van der Waals surface area contributed by atoms with Crippen LogP contribution in [0.2, 0.25) is 0 Å². The van der Waals surface area contributed by atoms with Gasteiger partial charge in [-0.25, -0.2) is 4.98 Å². The van der Waals surface area contributed by atoms with Gasteiger partial charge in [0.05, 0.1) is 17.2 Å². The highest BCUT2D eigenvalue weighted by atomic mass is 32.1. The first-order chi connectivity index (χ1) is 14.8. The molecule has 0 bridgehead atoms. The van der Waals surface area contributed by atoms with Gasteiger partial charge >= 0.3 is 0 Å². The van der Waals surface area contributed by atoms with Crippen molar-refractivity contribution in [2.45, 2.75) is 19.1 Å². The minimum atomic E-state index is -0.716. The van der Waals surface area contributed by atoms with Gasteiger partial charge < -0.3 is 15.2 Å². The molecule has 0 saturated heterocycles. The molecule has 0 spiro atoms. The second-order valence-corrected chi connectivity index (χ2v) is 8.34. The van der Waals surface area contributed by atoms with Crippen LogP contribution in [0.5, 0.6) is 5.75 Å². The Morgan fingerprint density at radius 3 is 2.57 bits per heavy atom. The van der Waals surface area contributed by atoms with E-state index in [0.717, 1.165) is 45.6 Å². The van der Waals surface area contributed by atoms with Crippen LogP contribution in [0.25, 0.3) is 11.3 Å². The van der Waals surface area contributed by atoms with Gasteiger partial charge in [-0.05, 0) is 22.8 Å². The summed E-state index contributed by atoms with van der Waals surface area (Å²) >= 11 is 1.51. The molecule has 1 aliphatic heterocycles. The zero-order valence-corrected chi connectivity index (χ0v) is 17.2. The number of nitrogens with zero attached hydrogens (tertiary/aromatic N) is 1. The normalized spacial score (nSPS) is 13.5. The fourth-order valence-electron chi connectivity index (χ4n) is 3.71. The van der Waals surface area contributed by atoms with E-state index in [9.17, 15) is 5.11 Å². The summed E-state index contributed by atoms with van der Waals surface area (Å²) in [5.41, 5.74) is 5.14. The van der Waals surface area contributed by atoms with E-state index in [1.165, 1.54) is 22.5 Å². The molecule has 5 heteroatoms. The summed E-state index contributed by atoms with van der Waals surface area (Å²) in [4.78, 5) is 5.68. The Balaban J connectivity index is 1.43. The lowest BCUT2D eigenvalue weighted by molar-refractivity contribution is 0.224. The molecule has 1 aliphatic rings. The fraction of sp³-hybridized carbons (Fsp3) is 0.160. The summed E-state index contributed by atoms with van der Waals surface area (Å²) in [5, 5.41) is 15.3. The van der Waals surface area contributed by atoms with Crippen LogP contribution in [0.4, 0.5) is 5.13 Å². The molecule has 1 atom stereocenters. The van der Waals surface area contributed by atoms with Gasteiger partial charge in [-0.2, -0.15) is 0 Å². The SMILES string of the molecule is OC(c1ccccc1)c1sc(NCc2ccc3c(c2)CCO3)nc1-c1ccccc1. The standard InChI is InChI=1S/C25H22N2O2S/c28-23(19-9-5-2-6-10-19)24-22(18-7-3-1-4-8-18)27-25(30-24)26-16-17-11-12-21-20(15-17)13-14-29-21/h1-12,15,23,28H,13-14,16H2,(H,26,27). The quantitative estimate of drug-likeness (QED) is 0.441. The molecule has 3 aromatic carbocycles. The molecular formula is C25H22N2O2S. The molecule has 4 aromatic rings. The van der Waals surface area contributed by atoms with Crippen LogP contribution < -0.4 is 10.1 Å². The van der Waals surface area contributed by atoms with Crippen LogP contribution in [-0.2, 0) is 13.0 Å². The number of thiazole rings is 1. The van der Waals surface area contributed by atoms with Crippen molar-refractivity contribution in [2.24, 2.45) is 0 Å². The molecule has 0 aliphatic carbocycles. The first-order valence-electron chi connectivity index (χ1n) is 10.1. The third kappa shape index (κ3) is 3.82. The minimum Gasteiger partial charge on any atom is -0.493 e. The van der Waals surface area contributed by atoms with Crippen LogP contribution in [0.15, 0.2) is 78.9 Å². The summed E-state index contributed by atoms with van der Waals surface area (Å²) < 4.78 is 5.59. The van der Waals surface area contributed by atoms with Crippen LogP contribution >= 0.6 is 11.3 Å². The number of aliphatic hydroxyl groups excluding tert-OH is 1. The average Bonchev–Trinajstić information content (AvgIpc) is 3.45. The highest BCUT2D eigenvalue weighted by Gasteiger charge is 2.21. The number of nitrogens with one attached hydrogen (secondary N) is 1. The lowest BCUT2D eigenvalue weighted by Gasteiger charge is -2.10. The molecule has 0 saturated carbocycles. The van der Waals surface area contributed by atoms with Crippen molar-refractivity contribution in [1.29, 1.82) is 0 Å². The molecule has 1 unspecified atom stereocenters. The monoisotopic (exact) mass is 414 g/mol. The van der Waals surface area contributed by atoms with Crippen LogP contribution in [0, 0.1) is 0 Å². The zero-order valence-electron chi connectivity index (χ0n) is 16.4. The molecule has 0 fully saturated rings. The van der Waals surface area contributed by atoms with Gasteiger partial charge in [0.2, 0.25) is 0 Å². The van der Waals surface area contributed by atoms with E-state index in [-0.39, 0.29) is 0 Å². The Bertz CT molecular complexity index is 1140. The fourth-order valence-corrected chi connectivity index (χ4v) is 4.71. The second-order valence-electron chi connectivity index (χ2n) is 7.31. The third-order valence-electron chi connectivity index (χ3n) is 5.26. The van der Waals surface area contributed by atoms with Gasteiger partial charge in [-0.3, -0.25) is 0 Å². The maximum absolute atomic E-state index is 11.1. The van der Waals surface area contributed by atoms with Crippen LogP contribution in [0.3, 0.4) is 0 Å². The highest BCUT2D eigenvalue weighted by Crippen LogP contribution is 2.38. The number of hydrogen-bond acceptors (Lipinski definition) is 5. The molecule has 2 N–H and O–H groups in total. The molecular weight excluding hydrogens is 392 g/mol. The Labute approximate surface area is 179 Å². The summed E-state index contributed by atoms with van der Waals surface area (Å²) in [6.45, 7) is 1.44. The van der Waals surface area contributed by atoms with Crippen LogP contribution in [-0.4, -0.2) is 16.7 Å². The number of benzene rings is 3. The van der Waals surface area contributed by atoms with E-state index >= 15 is 0 Å². The van der Waals surface area contributed by atoms with Gasteiger partial charge in [-0.1, -0.05) is 84.1 Å². The first kappa shape index (κ1) is 18.9. The van der Waals surface area contributed by atoms with Crippen molar-refractivity contribution in [1.82, 2.24) is 4.98 Å². The van der Waals surface area contributed by atoms with Gasteiger partial charge in [0.25, 0.3) is 0 Å². The number of hydrogen-bond donors (Lipinski definition) is 2. The van der Waals surface area contributed by atoms with E-state index in [1.807, 2.05) is 66.7 Å². The van der Waals surface area contributed by atoms with E-state index in [2.05, 4.69) is 17.4 Å². The van der Waals surface area contributed by atoms with Gasteiger partial charge in [-0.15, -0.1) is 0 Å². The second kappa shape index (κ2) is 8.30.